The van der Waals surface area contributed by atoms with Gasteiger partial charge in [-0.3, -0.25) is 24.0 Å². The number of aliphatic hydroxyl groups excluding tert-OH is 2. The molecule has 8 rings (SSSR count). The zero-order valence-corrected chi connectivity index (χ0v) is 34.6. The largest absolute Gasteiger partial charge is 0.507 e. The predicted octanol–water partition coefficient (Wildman–Crippen LogP) is 1.35. The summed E-state index contributed by atoms with van der Waals surface area (Å²) in [4.78, 5) is 75.5. The van der Waals surface area contributed by atoms with E-state index >= 15 is 4.79 Å². The van der Waals surface area contributed by atoms with Gasteiger partial charge in [-0.1, -0.05) is 24.3 Å². The molecule has 2 heterocycles. The Bertz CT molecular complexity index is 2380. The number of phenolic OH excluding ortho intramolecular Hbond substituents is 2. The van der Waals surface area contributed by atoms with Gasteiger partial charge < -0.3 is 59.6 Å². The number of nitrogens with zero attached hydrogens (tertiary/aromatic N) is 2. The Hall–Kier alpha value is -5.24. The molecule has 2 fully saturated rings. The number of methoxy groups -OCH3 is 3. The summed E-state index contributed by atoms with van der Waals surface area (Å²) in [5.41, 5.74) is -8.68. The molecule has 324 valence electrons. The van der Waals surface area contributed by atoms with Gasteiger partial charge in [-0.05, 0) is 43.2 Å². The molecule has 6 N–H and O–H groups in total. The number of anilines is 1. The summed E-state index contributed by atoms with van der Waals surface area (Å²) in [7, 11) is 3.64. The van der Waals surface area contributed by atoms with Crippen LogP contribution in [0.3, 0.4) is 0 Å². The van der Waals surface area contributed by atoms with Crippen molar-refractivity contribution >= 4 is 47.1 Å². The van der Waals surface area contributed by atoms with Crippen LogP contribution in [-0.4, -0.2) is 149 Å². The summed E-state index contributed by atoms with van der Waals surface area (Å²) in [6, 6.07) is 12.0. The normalized spacial score (nSPS) is 29.5. The molecule has 0 radical (unpaired) electrons. The number of fused-ring (bicyclic) bond motifs is 5. The first-order chi connectivity index (χ1) is 28.6. The lowest BCUT2D eigenvalue weighted by Crippen LogP contribution is -2.73. The van der Waals surface area contributed by atoms with Gasteiger partial charge in [0, 0.05) is 82.4 Å². The number of aliphatic hydroxyl groups is 3. The van der Waals surface area contributed by atoms with E-state index in [-0.39, 0.29) is 47.9 Å². The van der Waals surface area contributed by atoms with Crippen LogP contribution in [0.4, 0.5) is 5.69 Å². The predicted molar refractivity (Wildman–Crippen MR) is 217 cm³/mol. The minimum atomic E-state index is -3.23. The molecule has 18 heteroatoms. The Labute approximate surface area is 355 Å². The van der Waals surface area contributed by atoms with E-state index < -0.39 is 123 Å². The van der Waals surface area contributed by atoms with Gasteiger partial charge in [0.05, 0.1) is 34.6 Å². The third kappa shape index (κ3) is 6.20. The quantitative estimate of drug-likeness (QED) is 0.196. The molecule has 2 saturated heterocycles. The van der Waals surface area contributed by atoms with Crippen LogP contribution >= 0.6 is 12.4 Å². The number of para-hydroxylation sites is 1. The lowest BCUT2D eigenvalue weighted by Gasteiger charge is -2.53. The third-order valence-electron chi connectivity index (χ3n) is 12.7. The molecule has 0 aromatic heterocycles. The van der Waals surface area contributed by atoms with Crippen LogP contribution in [0, 0.1) is 6.92 Å². The smallest absolute Gasteiger partial charge is 0.258 e. The van der Waals surface area contributed by atoms with Gasteiger partial charge in [-0.15, -0.1) is 12.4 Å². The monoisotopic (exact) mass is 863 g/mol. The van der Waals surface area contributed by atoms with E-state index in [0.29, 0.717) is 13.1 Å². The lowest BCUT2D eigenvalue weighted by atomic mass is 9.56. The van der Waals surface area contributed by atoms with Crippen LogP contribution in [0.15, 0.2) is 54.2 Å². The van der Waals surface area contributed by atoms with Crippen LogP contribution in [0.25, 0.3) is 0 Å². The number of Topliss-reactive ketones (excluding diaryl/α,β-unsaturated/α-hetero) is 3. The molecule has 3 aliphatic carbocycles. The summed E-state index contributed by atoms with van der Waals surface area (Å²) in [5.74, 6) is -7.05. The summed E-state index contributed by atoms with van der Waals surface area (Å²) in [5, 5.41) is 62.0. The number of hydrogen-bond acceptors (Lipinski definition) is 16. The second-order valence-electron chi connectivity index (χ2n) is 15.7. The van der Waals surface area contributed by atoms with Crippen molar-refractivity contribution in [3.8, 4) is 11.5 Å². The summed E-state index contributed by atoms with van der Waals surface area (Å²) >= 11 is 0. The van der Waals surface area contributed by atoms with E-state index in [4.69, 9.17) is 18.9 Å². The van der Waals surface area contributed by atoms with Crippen molar-refractivity contribution in [3.63, 3.8) is 0 Å². The summed E-state index contributed by atoms with van der Waals surface area (Å²) in [6.45, 7) is 4.68. The standard InChI is InChI=1S/C43H45N3O14.ClH/c1-19-15-21-16-27(48)43(59-5)39(54)30-24(17-23-29(33(30)50)26(47)18-25(32(23)49)44-40-37(58-4)35(52)36(57-3)20(2)60-40)38(53)42(43,56)31(21)34(51)28(19)41(55)46-13-11-45(12-14-46)22-9-7-6-8-10-22;/h6-10,15,17-18,20,27,35-37,40,44,48,50-52,56H,11-14,16H2,1-5H3;1H/t20-,27+,35+,36-,37+,40?,42-,43+;/m0./s1. The van der Waals surface area contributed by atoms with Crippen molar-refractivity contribution in [3.05, 3.63) is 98.7 Å². The molecule has 61 heavy (non-hydrogen) atoms. The average molecular weight is 864 g/mol. The number of benzene rings is 3. The number of carbonyl (C=O) groups is 5. The lowest BCUT2D eigenvalue weighted by molar-refractivity contribution is -0.236. The maximum absolute atomic E-state index is 15.0. The minimum Gasteiger partial charge on any atom is -0.507 e. The van der Waals surface area contributed by atoms with Crippen molar-refractivity contribution in [2.75, 3.05) is 52.4 Å². The first-order valence-corrected chi connectivity index (χ1v) is 19.4. The van der Waals surface area contributed by atoms with Gasteiger partial charge in [0.25, 0.3) is 5.91 Å². The van der Waals surface area contributed by atoms with Crippen LogP contribution in [0.5, 0.6) is 11.5 Å². The number of piperazine rings is 1. The van der Waals surface area contributed by atoms with Gasteiger partial charge in [-0.25, -0.2) is 0 Å². The maximum atomic E-state index is 15.0. The number of halogens is 1. The number of ether oxygens (including phenoxy) is 4. The zero-order valence-electron chi connectivity index (χ0n) is 33.8. The van der Waals surface area contributed by atoms with Crippen molar-refractivity contribution in [1.29, 1.82) is 0 Å². The van der Waals surface area contributed by atoms with Crippen molar-refractivity contribution in [2.45, 2.75) is 68.2 Å². The van der Waals surface area contributed by atoms with E-state index in [0.717, 1.165) is 24.9 Å². The van der Waals surface area contributed by atoms with Gasteiger partial charge in [0.2, 0.25) is 17.3 Å². The molecule has 1 unspecified atom stereocenters. The molecule has 1 amide bonds. The first kappa shape index (κ1) is 43.8. The molecule has 3 aromatic rings. The maximum Gasteiger partial charge on any atom is 0.258 e. The van der Waals surface area contributed by atoms with Crippen LogP contribution in [0.1, 0.15) is 75.4 Å². The highest BCUT2D eigenvalue weighted by Crippen LogP contribution is 2.56. The van der Waals surface area contributed by atoms with Crippen molar-refractivity contribution in [1.82, 2.24) is 10.2 Å². The molecule has 3 aromatic carbocycles. The first-order valence-electron chi connectivity index (χ1n) is 19.4. The van der Waals surface area contributed by atoms with Crippen molar-refractivity contribution in [2.24, 2.45) is 0 Å². The zero-order chi connectivity index (χ0) is 43.2. The van der Waals surface area contributed by atoms with E-state index in [1.807, 2.05) is 30.3 Å². The number of amides is 1. The van der Waals surface area contributed by atoms with E-state index in [2.05, 4.69) is 10.2 Å². The highest BCUT2D eigenvalue weighted by atomic mass is 35.5. The number of aromatic hydroxyl groups is 2. The molecule has 0 saturated carbocycles. The van der Waals surface area contributed by atoms with Crippen molar-refractivity contribution < 1.29 is 68.5 Å². The number of carbonyl (C=O) groups excluding carboxylic acids is 5. The Morgan fingerprint density at radius 2 is 1.54 bits per heavy atom. The SMILES string of the molecule is CO[C@@H]1[C@@H](O)[C@@H](OC)C(NC2=CC(=O)c3c(cc4c(c3O)C(=O)[C@]3(OC)[C@H](O)Cc5cc(C)c(C(=O)N6CCN(c7ccccc7)CC6)c(O)c5[C@]3(O)C4=O)C2=O)O[C@H]1C.Cl. The molecule has 0 spiro atoms. The van der Waals surface area contributed by atoms with Gasteiger partial charge >= 0.3 is 0 Å². The number of nitrogens with one attached hydrogen (secondary N) is 1. The Morgan fingerprint density at radius 1 is 0.885 bits per heavy atom. The van der Waals surface area contributed by atoms with Crippen LogP contribution in [0.2, 0.25) is 0 Å². The average Bonchev–Trinajstić information content (AvgIpc) is 3.22. The van der Waals surface area contributed by atoms with E-state index in [1.165, 1.54) is 25.2 Å². The Kier molecular flexibility index (Phi) is 11.4. The molecule has 0 bridgehead atoms. The highest BCUT2D eigenvalue weighted by Gasteiger charge is 2.72. The summed E-state index contributed by atoms with van der Waals surface area (Å²) < 4.78 is 22.3. The van der Waals surface area contributed by atoms with Gasteiger partial charge in [-0.2, -0.15) is 0 Å². The number of allylic oxidation sites excluding steroid dienone is 2. The minimum absolute atomic E-state index is 0. The number of aryl methyl sites for hydroxylation is 1. The fourth-order valence-corrected chi connectivity index (χ4v) is 9.72. The van der Waals surface area contributed by atoms with E-state index in [1.54, 1.807) is 13.8 Å². The Balaban J connectivity index is 0.00000561. The molecule has 8 atom stereocenters. The molecule has 2 aliphatic heterocycles. The fourth-order valence-electron chi connectivity index (χ4n) is 9.72. The van der Waals surface area contributed by atoms with Gasteiger partial charge in [0.1, 0.15) is 29.8 Å². The van der Waals surface area contributed by atoms with Crippen LogP contribution < -0.4 is 10.2 Å². The second-order valence-corrected chi connectivity index (χ2v) is 15.7. The highest BCUT2D eigenvalue weighted by molar-refractivity contribution is 6.31. The number of phenols is 2. The molecular weight excluding hydrogens is 818 g/mol. The number of ketones is 4. The topological polar surface area (TPSA) is 242 Å². The second kappa shape index (κ2) is 15.9. The Morgan fingerprint density at radius 3 is 2.16 bits per heavy atom. The fraction of sp³-hybridized carbons (Fsp3) is 0.419. The molecule has 17 nitrogen and oxygen atoms in total. The molecular formula is C43H46ClN3O14. The van der Waals surface area contributed by atoms with Crippen LogP contribution in [-0.2, 0) is 31.0 Å². The van der Waals surface area contributed by atoms with Gasteiger partial charge in [0.15, 0.2) is 23.2 Å². The third-order valence-corrected chi connectivity index (χ3v) is 12.7. The van der Waals surface area contributed by atoms with E-state index in [9.17, 15) is 44.7 Å². The summed E-state index contributed by atoms with van der Waals surface area (Å²) in [6.07, 6.45) is -6.54. The number of hydrogen-bond donors (Lipinski definition) is 6. The molecule has 5 aliphatic rings. The number of rotatable bonds is 7.